The number of carbonyl (C=O) groups is 2. The highest BCUT2D eigenvalue weighted by molar-refractivity contribution is 5.83. The molecule has 1 amide bonds. The van der Waals surface area contributed by atoms with Gasteiger partial charge in [-0.3, -0.25) is 4.79 Å². The van der Waals surface area contributed by atoms with Crippen molar-refractivity contribution in [3.8, 4) is 0 Å². The number of nitrogens with one attached hydrogen (secondary N) is 1. The monoisotopic (exact) mass is 298 g/mol. The van der Waals surface area contributed by atoms with Gasteiger partial charge in [0.15, 0.2) is 6.10 Å². The van der Waals surface area contributed by atoms with E-state index in [9.17, 15) is 9.59 Å². The van der Waals surface area contributed by atoms with Crippen LogP contribution in [0, 0.1) is 5.41 Å². The molecule has 2 fully saturated rings. The van der Waals surface area contributed by atoms with Crippen molar-refractivity contribution in [2.75, 3.05) is 13.1 Å². The minimum atomic E-state index is -0.925. The molecule has 120 valence electrons. The van der Waals surface area contributed by atoms with Crippen molar-refractivity contribution in [1.82, 2.24) is 5.32 Å². The number of hydrogen-bond acceptors (Lipinski definition) is 4. The second kappa shape index (κ2) is 7.22. The number of ether oxygens (including phenoxy) is 1. The number of nitrogens with two attached hydrogens (primary N) is 1. The fraction of sp³-hybridized carbons (Fsp3) is 0.867. The van der Waals surface area contributed by atoms with Crippen molar-refractivity contribution >= 4 is 11.9 Å². The SMILES string of the molecule is NCC1(C(=O)NCC2CCC(C(=O)O)O2)CCCCCC1. The summed E-state index contributed by atoms with van der Waals surface area (Å²) in [5, 5.41) is 11.8. The van der Waals surface area contributed by atoms with E-state index in [0.29, 0.717) is 25.9 Å². The third-order valence-electron chi connectivity index (χ3n) is 4.81. The van der Waals surface area contributed by atoms with Crippen molar-refractivity contribution in [3.63, 3.8) is 0 Å². The molecule has 6 nitrogen and oxygen atoms in total. The lowest BCUT2D eigenvalue weighted by Gasteiger charge is -2.30. The normalized spacial score (nSPS) is 28.8. The summed E-state index contributed by atoms with van der Waals surface area (Å²) in [5.41, 5.74) is 5.44. The van der Waals surface area contributed by atoms with Gasteiger partial charge in [-0.1, -0.05) is 25.7 Å². The first-order valence-electron chi connectivity index (χ1n) is 7.94. The van der Waals surface area contributed by atoms with Gasteiger partial charge in [-0.25, -0.2) is 4.79 Å². The fourth-order valence-corrected chi connectivity index (χ4v) is 3.36. The lowest BCUT2D eigenvalue weighted by molar-refractivity contribution is -0.149. The molecule has 2 aliphatic rings. The van der Waals surface area contributed by atoms with E-state index in [0.717, 1.165) is 25.7 Å². The molecule has 6 heteroatoms. The second-order valence-electron chi connectivity index (χ2n) is 6.27. The summed E-state index contributed by atoms with van der Waals surface area (Å²) >= 11 is 0. The minimum Gasteiger partial charge on any atom is -0.479 e. The molecule has 1 saturated carbocycles. The molecule has 1 aliphatic heterocycles. The molecule has 2 rings (SSSR count). The fourth-order valence-electron chi connectivity index (χ4n) is 3.36. The van der Waals surface area contributed by atoms with E-state index in [-0.39, 0.29) is 12.0 Å². The number of carbonyl (C=O) groups excluding carboxylic acids is 1. The van der Waals surface area contributed by atoms with Crippen LogP contribution in [0.25, 0.3) is 0 Å². The molecule has 0 aromatic rings. The van der Waals surface area contributed by atoms with Gasteiger partial charge in [0.25, 0.3) is 0 Å². The molecule has 2 atom stereocenters. The lowest BCUT2D eigenvalue weighted by Crippen LogP contribution is -2.47. The van der Waals surface area contributed by atoms with Crippen molar-refractivity contribution < 1.29 is 19.4 Å². The van der Waals surface area contributed by atoms with Crippen LogP contribution in [0.1, 0.15) is 51.4 Å². The maximum Gasteiger partial charge on any atom is 0.332 e. The first kappa shape index (κ1) is 16.2. The Morgan fingerprint density at radius 1 is 1.19 bits per heavy atom. The number of amides is 1. The van der Waals surface area contributed by atoms with Gasteiger partial charge in [0.1, 0.15) is 0 Å². The first-order chi connectivity index (χ1) is 10.1. The number of aliphatic carboxylic acids is 1. The van der Waals surface area contributed by atoms with E-state index >= 15 is 0 Å². The summed E-state index contributed by atoms with van der Waals surface area (Å²) in [5.74, 6) is -0.916. The molecule has 21 heavy (non-hydrogen) atoms. The topological polar surface area (TPSA) is 102 Å². The van der Waals surface area contributed by atoms with Crippen molar-refractivity contribution in [2.45, 2.75) is 63.6 Å². The molecule has 2 unspecified atom stereocenters. The predicted molar refractivity (Wildman–Crippen MR) is 77.7 cm³/mol. The van der Waals surface area contributed by atoms with Crippen LogP contribution in [-0.4, -0.2) is 42.3 Å². The third-order valence-corrected chi connectivity index (χ3v) is 4.81. The highest BCUT2D eigenvalue weighted by Gasteiger charge is 2.38. The summed E-state index contributed by atoms with van der Waals surface area (Å²) in [6.45, 7) is 0.756. The second-order valence-corrected chi connectivity index (χ2v) is 6.27. The van der Waals surface area contributed by atoms with Gasteiger partial charge in [0.05, 0.1) is 11.5 Å². The van der Waals surface area contributed by atoms with Crippen LogP contribution >= 0.6 is 0 Å². The zero-order chi connectivity index (χ0) is 15.3. The predicted octanol–water partition coefficient (Wildman–Crippen LogP) is 1.03. The maximum atomic E-state index is 12.5. The molecular formula is C15H26N2O4. The standard InChI is InChI=1S/C15H26N2O4/c16-10-15(7-3-1-2-4-8-15)14(20)17-9-11-5-6-12(21-11)13(18)19/h11-12H,1-10,16H2,(H,17,20)(H,18,19). The summed E-state index contributed by atoms with van der Waals surface area (Å²) < 4.78 is 5.41. The Morgan fingerprint density at radius 3 is 2.38 bits per heavy atom. The minimum absolute atomic E-state index is 0.00859. The van der Waals surface area contributed by atoms with Crippen LogP contribution in [-0.2, 0) is 14.3 Å². The van der Waals surface area contributed by atoms with Crippen LogP contribution in [0.4, 0.5) is 0 Å². The molecule has 0 spiro atoms. The highest BCUT2D eigenvalue weighted by atomic mass is 16.5. The van der Waals surface area contributed by atoms with E-state index in [2.05, 4.69) is 5.32 Å². The van der Waals surface area contributed by atoms with Crippen LogP contribution < -0.4 is 11.1 Å². The molecule has 0 bridgehead atoms. The molecule has 1 heterocycles. The van der Waals surface area contributed by atoms with Crippen molar-refractivity contribution in [2.24, 2.45) is 11.1 Å². The average Bonchev–Trinajstić information content (AvgIpc) is 2.82. The summed E-state index contributed by atoms with van der Waals surface area (Å²) in [4.78, 5) is 23.4. The van der Waals surface area contributed by atoms with Crippen LogP contribution in [0.15, 0.2) is 0 Å². The van der Waals surface area contributed by atoms with Gasteiger partial charge in [-0.2, -0.15) is 0 Å². The number of rotatable bonds is 5. The van der Waals surface area contributed by atoms with Gasteiger partial charge in [0, 0.05) is 13.1 Å². The molecule has 1 saturated heterocycles. The number of carboxylic acids is 1. The third kappa shape index (κ3) is 3.95. The quantitative estimate of drug-likeness (QED) is 0.658. The first-order valence-corrected chi connectivity index (χ1v) is 7.94. The van der Waals surface area contributed by atoms with E-state index in [1.807, 2.05) is 0 Å². The highest BCUT2D eigenvalue weighted by Crippen LogP contribution is 2.34. The smallest absolute Gasteiger partial charge is 0.332 e. The summed E-state index contributed by atoms with van der Waals surface area (Å²) in [6, 6.07) is 0. The van der Waals surface area contributed by atoms with E-state index < -0.39 is 17.5 Å². The Kier molecular flexibility index (Phi) is 5.58. The summed E-state index contributed by atoms with van der Waals surface area (Å²) in [6.07, 6.45) is 6.38. The lowest BCUT2D eigenvalue weighted by atomic mass is 9.79. The van der Waals surface area contributed by atoms with E-state index in [1.165, 1.54) is 12.8 Å². The Morgan fingerprint density at radius 2 is 1.86 bits per heavy atom. The summed E-state index contributed by atoms with van der Waals surface area (Å²) in [7, 11) is 0. The van der Waals surface area contributed by atoms with Gasteiger partial charge in [0.2, 0.25) is 5.91 Å². The van der Waals surface area contributed by atoms with E-state index in [4.69, 9.17) is 15.6 Å². The Balaban J connectivity index is 1.84. The van der Waals surface area contributed by atoms with E-state index in [1.54, 1.807) is 0 Å². The average molecular weight is 298 g/mol. The van der Waals surface area contributed by atoms with Crippen LogP contribution in [0.2, 0.25) is 0 Å². The van der Waals surface area contributed by atoms with Gasteiger partial charge in [-0.05, 0) is 25.7 Å². The molecule has 0 aromatic heterocycles. The zero-order valence-corrected chi connectivity index (χ0v) is 12.5. The number of carboxylic acid groups (broad SMARTS) is 1. The van der Waals surface area contributed by atoms with Crippen LogP contribution in [0.5, 0.6) is 0 Å². The molecular weight excluding hydrogens is 272 g/mol. The van der Waals surface area contributed by atoms with Gasteiger partial charge < -0.3 is 20.9 Å². The molecule has 1 aliphatic carbocycles. The maximum absolute atomic E-state index is 12.5. The Hall–Kier alpha value is -1.14. The van der Waals surface area contributed by atoms with Crippen LogP contribution in [0.3, 0.4) is 0 Å². The zero-order valence-electron chi connectivity index (χ0n) is 12.5. The largest absolute Gasteiger partial charge is 0.479 e. The molecule has 0 aromatic carbocycles. The Bertz CT molecular complexity index is 378. The molecule has 0 radical (unpaired) electrons. The van der Waals surface area contributed by atoms with Crippen molar-refractivity contribution in [1.29, 1.82) is 0 Å². The molecule has 4 N–H and O–H groups in total. The van der Waals surface area contributed by atoms with Crippen molar-refractivity contribution in [3.05, 3.63) is 0 Å². The van der Waals surface area contributed by atoms with Gasteiger partial charge >= 0.3 is 5.97 Å². The Labute approximate surface area is 125 Å². The number of hydrogen-bond donors (Lipinski definition) is 3. The van der Waals surface area contributed by atoms with Gasteiger partial charge in [-0.15, -0.1) is 0 Å².